The summed E-state index contributed by atoms with van der Waals surface area (Å²) >= 11 is 5.33. The second kappa shape index (κ2) is 8.25. The van der Waals surface area contributed by atoms with Gasteiger partial charge in [-0.1, -0.05) is 0 Å². The van der Waals surface area contributed by atoms with E-state index in [1.54, 1.807) is 25.4 Å². The van der Waals surface area contributed by atoms with Crippen LogP contribution >= 0.6 is 0 Å². The van der Waals surface area contributed by atoms with Gasteiger partial charge in [0.15, 0.2) is 11.6 Å². The van der Waals surface area contributed by atoms with E-state index >= 15 is 0 Å². The van der Waals surface area contributed by atoms with Crippen LogP contribution in [0.2, 0.25) is 5.02 Å². The Bertz CT molecular complexity index is 1500. The molecule has 8 heteroatoms. The molecule has 1 aliphatic rings. The average molecular weight is 474 g/mol. The largest absolute Gasteiger partial charge is 0.357 e. The molecule has 170 valence electrons. The average Bonchev–Trinajstić information content (AvgIpc) is 3.54. The Labute approximate surface area is 201 Å². The molecule has 1 atom stereocenters. The van der Waals surface area contributed by atoms with E-state index in [4.69, 9.17) is 21.6 Å². The minimum atomic E-state index is -0.267. The van der Waals surface area contributed by atoms with Crippen molar-refractivity contribution in [3.05, 3.63) is 83.7 Å². The number of benzene rings is 2. The van der Waals surface area contributed by atoms with E-state index in [1.807, 2.05) is 18.2 Å². The summed E-state index contributed by atoms with van der Waals surface area (Å²) in [5, 5.41) is 5.02. The summed E-state index contributed by atoms with van der Waals surface area (Å²) in [5.74, 6) is 1.30. The molecule has 0 spiro atoms. The second-order valence-electron chi connectivity index (χ2n) is 8.50. The molecule has 0 amide bonds. The van der Waals surface area contributed by atoms with Gasteiger partial charge in [0, 0.05) is 61.0 Å². The molecule has 3 aromatic heterocycles. The Kier molecular flexibility index (Phi) is 5.07. The Balaban J connectivity index is 1.48. The van der Waals surface area contributed by atoms with Crippen molar-refractivity contribution in [3.8, 4) is 22.6 Å². The first-order valence-electron chi connectivity index (χ1n) is 11.2. The number of hydrogen-bond acceptors (Lipinski definition) is 4. The fraction of sp³-hybridized carbons (Fsp3) is 0.192. The molecule has 5 aromatic rings. The van der Waals surface area contributed by atoms with E-state index < -0.39 is 0 Å². The third-order valence-corrected chi connectivity index (χ3v) is 6.69. The number of fused-ring (bicyclic) bond motifs is 2. The monoisotopic (exact) mass is 473 g/mol. The van der Waals surface area contributed by atoms with E-state index in [0.717, 1.165) is 58.3 Å². The van der Waals surface area contributed by atoms with Crippen LogP contribution in [0.1, 0.15) is 18.3 Å². The molecule has 2 aromatic carbocycles. The number of aromatic nitrogens is 5. The maximum Gasteiger partial charge on any atom is 0.226 e. The van der Waals surface area contributed by atoms with Crippen molar-refractivity contribution >= 4 is 16.9 Å². The Hall–Kier alpha value is -3.71. The zero-order valence-corrected chi connectivity index (χ0v) is 19.4. The summed E-state index contributed by atoms with van der Waals surface area (Å²) in [7, 11) is 1.80. The van der Waals surface area contributed by atoms with Crippen molar-refractivity contribution in [2.24, 2.45) is 0 Å². The second-order valence-corrected chi connectivity index (χ2v) is 8.97. The summed E-state index contributed by atoms with van der Waals surface area (Å²) in [5.41, 5.74) is 4.58. The SMILES string of the molecule is CNc1nccc(-c2c(-c3ccc(F)cc3)nc3n2C(Cn2ccc4cc([ClH+])ccc42)CC3)n1. The van der Waals surface area contributed by atoms with Gasteiger partial charge in [-0.3, -0.25) is 0 Å². The van der Waals surface area contributed by atoms with Crippen LogP contribution in [0.25, 0.3) is 33.5 Å². The summed E-state index contributed by atoms with van der Waals surface area (Å²) in [6.45, 7) is 0.809. The molecule has 4 heterocycles. The predicted octanol–water partition coefficient (Wildman–Crippen LogP) is 5.03. The first kappa shape index (κ1) is 20.9. The Morgan fingerprint density at radius 1 is 1.09 bits per heavy atom. The summed E-state index contributed by atoms with van der Waals surface area (Å²) in [6.07, 6.45) is 5.73. The molecular formula is C26H23ClFN6+. The normalized spacial score (nSPS) is 15.1. The molecule has 0 saturated heterocycles. The van der Waals surface area contributed by atoms with Gasteiger partial charge in [0.05, 0.1) is 23.1 Å². The van der Waals surface area contributed by atoms with Gasteiger partial charge in [-0.2, -0.15) is 0 Å². The minimum Gasteiger partial charge on any atom is -0.357 e. The topological polar surface area (TPSA) is 60.6 Å². The molecular weight excluding hydrogens is 451 g/mol. The molecule has 1 unspecified atom stereocenters. The fourth-order valence-corrected chi connectivity index (χ4v) is 5.07. The molecule has 0 saturated carbocycles. The van der Waals surface area contributed by atoms with Crippen LogP contribution in [0, 0.1) is 17.4 Å². The smallest absolute Gasteiger partial charge is 0.226 e. The highest BCUT2D eigenvalue weighted by atomic mass is 35.5. The third-order valence-electron chi connectivity index (χ3n) is 6.44. The van der Waals surface area contributed by atoms with Gasteiger partial charge in [-0.05, 0) is 48.9 Å². The van der Waals surface area contributed by atoms with Crippen LogP contribution in [-0.2, 0) is 13.0 Å². The molecule has 0 aliphatic carbocycles. The van der Waals surface area contributed by atoms with Gasteiger partial charge >= 0.3 is 0 Å². The number of hydrogen-bond donors (Lipinski definition) is 1. The lowest BCUT2D eigenvalue weighted by atomic mass is 10.1. The van der Waals surface area contributed by atoms with Gasteiger partial charge in [-0.15, -0.1) is 0 Å². The number of nitrogens with one attached hydrogen (secondary N) is 1. The first-order valence-corrected chi connectivity index (χ1v) is 11.7. The van der Waals surface area contributed by atoms with E-state index in [1.165, 1.54) is 17.6 Å². The van der Waals surface area contributed by atoms with Crippen LogP contribution in [0.5, 0.6) is 0 Å². The van der Waals surface area contributed by atoms with Gasteiger partial charge in [0.2, 0.25) is 11.0 Å². The molecule has 0 fully saturated rings. The van der Waals surface area contributed by atoms with E-state index in [2.05, 4.69) is 37.8 Å². The number of anilines is 1. The molecule has 6 nitrogen and oxygen atoms in total. The predicted molar refractivity (Wildman–Crippen MR) is 128 cm³/mol. The lowest BCUT2D eigenvalue weighted by molar-refractivity contribution is -0.288. The molecule has 1 N–H and O–H groups in total. The fourth-order valence-electron chi connectivity index (χ4n) is 4.88. The number of imidazole rings is 1. The maximum absolute atomic E-state index is 13.6. The Morgan fingerprint density at radius 3 is 2.76 bits per heavy atom. The van der Waals surface area contributed by atoms with Crippen molar-refractivity contribution in [3.63, 3.8) is 0 Å². The zero-order chi connectivity index (χ0) is 23.2. The standard InChI is InChI=1S/C26H23ClFN6/c1-29-26-30-12-10-21(31-26)25-24(16-2-5-19(28)6-3-16)32-23-9-7-20(34(23)25)15-33-13-11-17-14-18(27)4-8-22(17)33/h2-6,8,10-14,20,27H,7,9,15H2,1H3,(H,29,30,31)/q+1. The number of halogens is 2. The van der Waals surface area contributed by atoms with Crippen molar-refractivity contribution in [1.82, 2.24) is 24.1 Å². The van der Waals surface area contributed by atoms with Gasteiger partial charge in [-0.25, -0.2) is 19.3 Å². The zero-order valence-electron chi connectivity index (χ0n) is 18.6. The van der Waals surface area contributed by atoms with Crippen molar-refractivity contribution in [2.75, 3.05) is 12.4 Å². The van der Waals surface area contributed by atoms with E-state index in [0.29, 0.717) is 5.95 Å². The molecule has 1 aliphatic heterocycles. The molecule has 0 bridgehead atoms. The van der Waals surface area contributed by atoms with Crippen LogP contribution in [0.4, 0.5) is 10.3 Å². The van der Waals surface area contributed by atoms with Crippen LogP contribution in [0.3, 0.4) is 0 Å². The van der Waals surface area contributed by atoms with Crippen molar-refractivity contribution < 1.29 is 16.0 Å². The van der Waals surface area contributed by atoms with Crippen molar-refractivity contribution in [1.29, 1.82) is 0 Å². The number of nitrogens with zero attached hydrogens (tertiary/aromatic N) is 5. The van der Waals surface area contributed by atoms with E-state index in [9.17, 15) is 4.39 Å². The molecule has 0 radical (unpaired) electrons. The lowest BCUT2D eigenvalue weighted by Gasteiger charge is -2.19. The summed E-state index contributed by atoms with van der Waals surface area (Å²) in [4.78, 5) is 14.0. The Morgan fingerprint density at radius 2 is 1.94 bits per heavy atom. The number of aryl methyl sites for hydroxylation is 1. The van der Waals surface area contributed by atoms with Gasteiger partial charge in [0.25, 0.3) is 0 Å². The minimum absolute atomic E-state index is 0.207. The highest BCUT2D eigenvalue weighted by molar-refractivity contribution is 5.81. The third kappa shape index (κ3) is 3.53. The molecule has 6 rings (SSSR count). The van der Waals surface area contributed by atoms with Gasteiger partial charge in [0.1, 0.15) is 11.6 Å². The quantitative estimate of drug-likeness (QED) is 0.389. The van der Waals surface area contributed by atoms with Crippen LogP contribution < -0.4 is 5.32 Å². The van der Waals surface area contributed by atoms with Crippen molar-refractivity contribution in [2.45, 2.75) is 25.4 Å². The van der Waals surface area contributed by atoms with E-state index in [-0.39, 0.29) is 11.9 Å². The summed E-state index contributed by atoms with van der Waals surface area (Å²) < 4.78 is 18.2. The van der Waals surface area contributed by atoms with Crippen LogP contribution in [0.15, 0.2) is 67.0 Å². The highest BCUT2D eigenvalue weighted by Gasteiger charge is 2.31. The lowest BCUT2D eigenvalue weighted by Crippen LogP contribution is -2.13. The summed E-state index contributed by atoms with van der Waals surface area (Å²) in [6, 6.07) is 16.8. The first-order chi connectivity index (χ1) is 16.6. The highest BCUT2D eigenvalue weighted by Crippen LogP contribution is 2.40. The molecule has 34 heavy (non-hydrogen) atoms. The maximum atomic E-state index is 13.6. The van der Waals surface area contributed by atoms with Crippen LogP contribution in [-0.4, -0.2) is 31.1 Å². The van der Waals surface area contributed by atoms with Gasteiger partial charge < -0.3 is 14.5 Å². The number of rotatable bonds is 5.